The summed E-state index contributed by atoms with van der Waals surface area (Å²) in [5.41, 5.74) is 5.18. The maximum atomic E-state index is 12.8. The number of anilines is 1. The van der Waals surface area contributed by atoms with Crippen molar-refractivity contribution in [2.24, 2.45) is 0 Å². The van der Waals surface area contributed by atoms with Crippen LogP contribution in [-0.4, -0.2) is 77.1 Å². The van der Waals surface area contributed by atoms with E-state index in [1.165, 1.54) is 35.7 Å². The van der Waals surface area contributed by atoms with Crippen molar-refractivity contribution in [1.29, 1.82) is 0 Å². The van der Waals surface area contributed by atoms with Crippen molar-refractivity contribution in [3.05, 3.63) is 47.3 Å². The quantitative estimate of drug-likeness (QED) is 0.431. The molecule has 0 spiro atoms. The number of ether oxygens (including phenoxy) is 1. The highest BCUT2D eigenvalue weighted by Crippen LogP contribution is 2.33. The molecule has 8 nitrogen and oxygen atoms in total. The van der Waals surface area contributed by atoms with Crippen molar-refractivity contribution in [3.8, 4) is 0 Å². The molecular formula is C25H31F3N4O4S. The number of hydrogen-bond donors (Lipinski definition) is 3. The average Bonchev–Trinajstić information content (AvgIpc) is 3.39. The highest BCUT2D eigenvalue weighted by atomic mass is 32.2. The van der Waals surface area contributed by atoms with Gasteiger partial charge in [-0.1, -0.05) is 23.9 Å². The van der Waals surface area contributed by atoms with E-state index in [9.17, 15) is 18.0 Å². The third kappa shape index (κ3) is 8.90. The van der Waals surface area contributed by atoms with Gasteiger partial charge in [0.2, 0.25) is 0 Å². The first-order valence-electron chi connectivity index (χ1n) is 12.0. The van der Waals surface area contributed by atoms with Crippen LogP contribution in [0.3, 0.4) is 0 Å². The van der Waals surface area contributed by atoms with E-state index in [4.69, 9.17) is 14.6 Å². The van der Waals surface area contributed by atoms with Crippen LogP contribution in [0.5, 0.6) is 0 Å². The summed E-state index contributed by atoms with van der Waals surface area (Å²) < 4.78 is 37.2. The van der Waals surface area contributed by atoms with Gasteiger partial charge in [0.25, 0.3) is 5.91 Å². The molecule has 12 heteroatoms. The van der Waals surface area contributed by atoms with Gasteiger partial charge in [-0.2, -0.15) is 13.2 Å². The van der Waals surface area contributed by atoms with Crippen molar-refractivity contribution in [1.82, 2.24) is 14.9 Å². The molecule has 0 bridgehead atoms. The zero-order valence-corrected chi connectivity index (χ0v) is 21.4. The van der Waals surface area contributed by atoms with Gasteiger partial charge >= 0.3 is 12.1 Å². The predicted octanol–water partition coefficient (Wildman–Crippen LogP) is 4.85. The van der Waals surface area contributed by atoms with E-state index in [-0.39, 0.29) is 5.91 Å². The lowest BCUT2D eigenvalue weighted by Crippen LogP contribution is -2.37. The van der Waals surface area contributed by atoms with E-state index in [0.717, 1.165) is 68.5 Å². The number of amides is 1. The maximum Gasteiger partial charge on any atom is 0.490 e. The topological polar surface area (TPSA) is 108 Å². The largest absolute Gasteiger partial charge is 0.490 e. The summed E-state index contributed by atoms with van der Waals surface area (Å²) in [5, 5.41) is 11.0. The molecule has 1 aromatic heterocycles. The second-order valence-corrected chi connectivity index (χ2v) is 9.42. The number of benzene rings is 1. The SMILES string of the molecule is CSc1ncc(C(=O)Nc2ccc(CCN3CCOCC3)cc2C2=CCCCC2)[nH]1.O=C(O)C(F)(F)F. The molecular weight excluding hydrogens is 509 g/mol. The van der Waals surface area contributed by atoms with Crippen molar-refractivity contribution in [2.75, 3.05) is 44.4 Å². The van der Waals surface area contributed by atoms with Crippen LogP contribution in [0.1, 0.15) is 47.3 Å². The fourth-order valence-corrected chi connectivity index (χ4v) is 4.40. The normalized spacial score (nSPS) is 16.4. The number of alkyl halides is 3. The van der Waals surface area contributed by atoms with Gasteiger partial charge in [0.05, 0.1) is 19.4 Å². The second kappa shape index (κ2) is 13.6. The number of aromatic nitrogens is 2. The number of H-pyrrole nitrogens is 1. The Morgan fingerprint density at radius 1 is 1.24 bits per heavy atom. The third-order valence-corrected chi connectivity index (χ3v) is 6.62. The van der Waals surface area contributed by atoms with E-state index in [0.29, 0.717) is 5.69 Å². The number of carboxylic acid groups (broad SMARTS) is 1. The number of carboxylic acids is 1. The Balaban J connectivity index is 0.000000479. The zero-order valence-electron chi connectivity index (χ0n) is 20.6. The number of halogens is 3. The number of imidazole rings is 1. The van der Waals surface area contributed by atoms with E-state index < -0.39 is 12.1 Å². The first-order valence-corrected chi connectivity index (χ1v) is 13.2. The fraction of sp³-hybridized carbons (Fsp3) is 0.480. The predicted molar refractivity (Wildman–Crippen MR) is 136 cm³/mol. The summed E-state index contributed by atoms with van der Waals surface area (Å²) in [6.45, 7) is 4.71. The molecule has 1 aliphatic heterocycles. The Labute approximate surface area is 217 Å². The molecule has 4 rings (SSSR count). The first-order chi connectivity index (χ1) is 17.7. The molecule has 202 valence electrons. The van der Waals surface area contributed by atoms with Gasteiger partial charge < -0.3 is 20.1 Å². The number of allylic oxidation sites excluding steroid dienone is 2. The lowest BCUT2D eigenvalue weighted by Gasteiger charge is -2.26. The van der Waals surface area contributed by atoms with Gasteiger partial charge in [0.15, 0.2) is 5.16 Å². The minimum atomic E-state index is -5.08. The van der Waals surface area contributed by atoms with Gasteiger partial charge in [-0.15, -0.1) is 0 Å². The van der Waals surface area contributed by atoms with Crippen LogP contribution >= 0.6 is 11.8 Å². The van der Waals surface area contributed by atoms with Crippen LogP contribution in [0, 0.1) is 0 Å². The molecule has 2 heterocycles. The molecule has 0 atom stereocenters. The monoisotopic (exact) mass is 540 g/mol. The molecule has 37 heavy (non-hydrogen) atoms. The van der Waals surface area contributed by atoms with E-state index >= 15 is 0 Å². The van der Waals surface area contributed by atoms with Crippen molar-refractivity contribution < 1.29 is 32.6 Å². The van der Waals surface area contributed by atoms with E-state index in [1.807, 2.05) is 6.26 Å². The molecule has 1 aromatic carbocycles. The smallest absolute Gasteiger partial charge is 0.475 e. The van der Waals surface area contributed by atoms with Crippen LogP contribution < -0.4 is 5.32 Å². The second-order valence-electron chi connectivity index (χ2n) is 8.62. The fourth-order valence-electron chi connectivity index (χ4n) is 4.03. The summed E-state index contributed by atoms with van der Waals surface area (Å²) in [7, 11) is 0. The number of carbonyl (C=O) groups is 2. The number of morpholine rings is 1. The molecule has 1 fully saturated rings. The molecule has 0 unspecified atom stereocenters. The minimum Gasteiger partial charge on any atom is -0.475 e. The Bertz CT molecular complexity index is 1100. The number of rotatable bonds is 7. The summed E-state index contributed by atoms with van der Waals surface area (Å²) in [6.07, 6.45) is 6.41. The van der Waals surface area contributed by atoms with E-state index in [2.05, 4.69) is 44.5 Å². The highest BCUT2D eigenvalue weighted by molar-refractivity contribution is 7.98. The molecule has 1 aliphatic carbocycles. The van der Waals surface area contributed by atoms with Crippen LogP contribution in [0.4, 0.5) is 18.9 Å². The Morgan fingerprint density at radius 2 is 1.97 bits per heavy atom. The van der Waals surface area contributed by atoms with Gasteiger partial charge in [-0.25, -0.2) is 9.78 Å². The summed E-state index contributed by atoms with van der Waals surface area (Å²) in [5.74, 6) is -2.91. The van der Waals surface area contributed by atoms with Crippen molar-refractivity contribution in [3.63, 3.8) is 0 Å². The summed E-state index contributed by atoms with van der Waals surface area (Å²) >= 11 is 1.49. The third-order valence-electron chi connectivity index (χ3n) is 6.02. The van der Waals surface area contributed by atoms with Crippen molar-refractivity contribution >= 4 is 34.9 Å². The number of aliphatic carboxylic acids is 1. The van der Waals surface area contributed by atoms with Crippen LogP contribution in [0.25, 0.3) is 5.57 Å². The number of carbonyl (C=O) groups excluding carboxylic acids is 1. The molecule has 1 saturated heterocycles. The number of aromatic amines is 1. The molecule has 1 amide bonds. The van der Waals surface area contributed by atoms with Crippen molar-refractivity contribution in [2.45, 2.75) is 43.4 Å². The number of nitrogens with zero attached hydrogens (tertiary/aromatic N) is 2. The molecule has 0 radical (unpaired) electrons. The Hall–Kier alpha value is -2.83. The minimum absolute atomic E-state index is 0.151. The van der Waals surface area contributed by atoms with Gasteiger partial charge in [0, 0.05) is 30.9 Å². The van der Waals surface area contributed by atoms with Gasteiger partial charge in [-0.3, -0.25) is 9.69 Å². The Morgan fingerprint density at radius 3 is 2.57 bits per heavy atom. The maximum absolute atomic E-state index is 12.8. The molecule has 2 aliphatic rings. The molecule has 3 N–H and O–H groups in total. The van der Waals surface area contributed by atoms with Crippen LogP contribution in [-0.2, 0) is 16.0 Å². The molecule has 2 aromatic rings. The van der Waals surface area contributed by atoms with Crippen LogP contribution in [0.2, 0.25) is 0 Å². The zero-order chi connectivity index (χ0) is 26.8. The summed E-state index contributed by atoms with van der Waals surface area (Å²) in [4.78, 5) is 31.4. The lowest BCUT2D eigenvalue weighted by molar-refractivity contribution is -0.192. The first kappa shape index (κ1) is 28.7. The average molecular weight is 541 g/mol. The lowest BCUT2D eigenvalue weighted by atomic mass is 9.91. The van der Waals surface area contributed by atoms with E-state index in [1.54, 1.807) is 6.20 Å². The number of thioether (sulfide) groups is 1. The van der Waals surface area contributed by atoms with Gasteiger partial charge in [-0.05, 0) is 61.6 Å². The highest BCUT2D eigenvalue weighted by Gasteiger charge is 2.38. The molecule has 0 saturated carbocycles. The van der Waals surface area contributed by atoms with Crippen LogP contribution in [0.15, 0.2) is 35.6 Å². The van der Waals surface area contributed by atoms with Gasteiger partial charge in [0.1, 0.15) is 5.69 Å². The standard InChI is InChI=1S/C23H30N4O2S.C2HF3O2/c1-30-23-24-16-21(26-23)22(28)25-20-8-7-17(9-10-27-11-13-29-14-12-27)15-19(20)18-5-3-2-4-6-18;3-2(4,5)1(6)7/h5,7-8,15-16H,2-4,6,9-14H2,1H3,(H,24,26)(H,25,28);(H,6,7). The number of nitrogens with one attached hydrogen (secondary N) is 2. The summed E-state index contributed by atoms with van der Waals surface area (Å²) in [6, 6.07) is 6.47. The number of hydrogen-bond acceptors (Lipinski definition) is 6. The Kier molecular flexibility index (Phi) is 10.6.